The van der Waals surface area contributed by atoms with Crippen LogP contribution in [0.15, 0.2) is 30.9 Å². The summed E-state index contributed by atoms with van der Waals surface area (Å²) in [5.41, 5.74) is 0.441. The molecule has 0 aliphatic carbocycles. The fraction of sp³-hybridized carbons (Fsp3) is 0.353. The second-order valence-electron chi connectivity index (χ2n) is 5.04. The second-order valence-corrected chi connectivity index (χ2v) is 5.04. The normalized spacial score (nSPS) is 12.2. The Hall–Kier alpha value is -2.83. The molecule has 1 heterocycles. The summed E-state index contributed by atoms with van der Waals surface area (Å²) < 4.78 is 15.6. The molecule has 0 radical (unpaired) electrons. The Labute approximate surface area is 139 Å². The Morgan fingerprint density at radius 3 is 2.67 bits per heavy atom. The summed E-state index contributed by atoms with van der Waals surface area (Å²) in [4.78, 5) is 35.0. The number of ketones is 1. The third-order valence-electron chi connectivity index (χ3n) is 3.23. The first-order valence-electron chi connectivity index (χ1n) is 7.56. The molecule has 0 saturated heterocycles. The van der Waals surface area contributed by atoms with Crippen molar-refractivity contribution in [3.63, 3.8) is 0 Å². The van der Waals surface area contributed by atoms with E-state index in [2.05, 4.69) is 11.9 Å². The quantitative estimate of drug-likeness (QED) is 0.438. The number of nitrogens with one attached hydrogen (secondary N) is 1. The molecular formula is C17H19NO6. The molecule has 0 bridgehead atoms. The van der Waals surface area contributed by atoms with E-state index in [0.29, 0.717) is 36.8 Å². The predicted octanol–water partition coefficient (Wildman–Crippen LogP) is 1.27. The molecule has 1 aromatic carbocycles. The lowest BCUT2D eigenvalue weighted by Crippen LogP contribution is -2.28. The van der Waals surface area contributed by atoms with Gasteiger partial charge in [-0.2, -0.15) is 0 Å². The summed E-state index contributed by atoms with van der Waals surface area (Å²) in [7, 11) is 0. The highest BCUT2D eigenvalue weighted by molar-refractivity contribution is 5.98. The number of esters is 1. The number of amides is 1. The molecular weight excluding hydrogens is 314 g/mol. The fourth-order valence-electron chi connectivity index (χ4n) is 2.03. The van der Waals surface area contributed by atoms with Crippen molar-refractivity contribution in [3.05, 3.63) is 36.4 Å². The zero-order valence-corrected chi connectivity index (χ0v) is 13.2. The average molecular weight is 333 g/mol. The molecule has 7 heteroatoms. The van der Waals surface area contributed by atoms with Gasteiger partial charge in [-0.25, -0.2) is 0 Å². The van der Waals surface area contributed by atoms with E-state index in [9.17, 15) is 14.4 Å². The average Bonchev–Trinajstić information content (AvgIpc) is 2.62. The van der Waals surface area contributed by atoms with Crippen molar-refractivity contribution in [1.82, 2.24) is 5.32 Å². The standard InChI is InChI=1S/C17H19NO6/c1-2-7-18-16(20)11-24-17(21)6-4-13(19)12-3-5-14-15(10-12)23-9-8-22-14/h2-3,5,10H,1,4,6-9,11H2,(H,18,20). The van der Waals surface area contributed by atoms with Gasteiger partial charge in [0.1, 0.15) is 13.2 Å². The molecule has 0 aromatic heterocycles. The summed E-state index contributed by atoms with van der Waals surface area (Å²) >= 11 is 0. The molecule has 0 fully saturated rings. The van der Waals surface area contributed by atoms with Crippen LogP contribution in [0.1, 0.15) is 23.2 Å². The first-order chi connectivity index (χ1) is 11.6. The van der Waals surface area contributed by atoms with E-state index in [1.165, 1.54) is 6.08 Å². The Morgan fingerprint density at radius 1 is 1.17 bits per heavy atom. The zero-order valence-electron chi connectivity index (χ0n) is 13.2. The molecule has 1 N–H and O–H groups in total. The van der Waals surface area contributed by atoms with Crippen molar-refractivity contribution in [2.45, 2.75) is 12.8 Å². The highest BCUT2D eigenvalue weighted by Gasteiger charge is 2.16. The lowest BCUT2D eigenvalue weighted by Gasteiger charge is -2.18. The van der Waals surface area contributed by atoms with Crippen LogP contribution in [0.25, 0.3) is 0 Å². The third kappa shape index (κ3) is 5.12. The molecule has 0 atom stereocenters. The van der Waals surface area contributed by atoms with Crippen molar-refractivity contribution >= 4 is 17.7 Å². The molecule has 0 saturated carbocycles. The number of carbonyl (C=O) groups excluding carboxylic acids is 3. The minimum absolute atomic E-state index is 0.00719. The number of ether oxygens (including phenoxy) is 3. The van der Waals surface area contributed by atoms with Gasteiger partial charge in [-0.3, -0.25) is 14.4 Å². The van der Waals surface area contributed by atoms with Gasteiger partial charge in [-0.05, 0) is 18.2 Å². The Morgan fingerprint density at radius 2 is 1.92 bits per heavy atom. The smallest absolute Gasteiger partial charge is 0.306 e. The van der Waals surface area contributed by atoms with Gasteiger partial charge in [-0.1, -0.05) is 6.08 Å². The molecule has 1 aromatic rings. The summed E-state index contributed by atoms with van der Waals surface area (Å²) in [5.74, 6) is -0.104. The maximum atomic E-state index is 12.1. The van der Waals surface area contributed by atoms with Crippen LogP contribution in [0.2, 0.25) is 0 Å². The molecule has 1 aliphatic heterocycles. The molecule has 1 aliphatic rings. The highest BCUT2D eigenvalue weighted by Crippen LogP contribution is 2.31. The number of Topliss-reactive ketones (excluding diaryl/α,β-unsaturated/α-hetero) is 1. The maximum Gasteiger partial charge on any atom is 0.306 e. The van der Waals surface area contributed by atoms with Crippen molar-refractivity contribution in [3.8, 4) is 11.5 Å². The minimum Gasteiger partial charge on any atom is -0.486 e. The van der Waals surface area contributed by atoms with E-state index in [1.54, 1.807) is 18.2 Å². The number of hydrogen-bond acceptors (Lipinski definition) is 6. The van der Waals surface area contributed by atoms with Gasteiger partial charge in [0.25, 0.3) is 5.91 Å². The van der Waals surface area contributed by atoms with E-state index in [1.807, 2.05) is 0 Å². The summed E-state index contributed by atoms with van der Waals surface area (Å²) in [5, 5.41) is 2.48. The Bertz CT molecular complexity index is 640. The first-order valence-corrected chi connectivity index (χ1v) is 7.56. The van der Waals surface area contributed by atoms with Crippen LogP contribution in [0.5, 0.6) is 11.5 Å². The van der Waals surface area contributed by atoms with Crippen molar-refractivity contribution in [2.24, 2.45) is 0 Å². The highest BCUT2D eigenvalue weighted by atomic mass is 16.6. The van der Waals surface area contributed by atoms with E-state index >= 15 is 0 Å². The van der Waals surface area contributed by atoms with E-state index in [0.717, 1.165) is 0 Å². The van der Waals surface area contributed by atoms with Crippen molar-refractivity contribution in [1.29, 1.82) is 0 Å². The maximum absolute atomic E-state index is 12.1. The molecule has 2 rings (SSSR count). The SMILES string of the molecule is C=CCNC(=O)COC(=O)CCC(=O)c1ccc2c(c1)OCCO2. The van der Waals surface area contributed by atoms with Gasteiger partial charge in [0.05, 0.1) is 6.42 Å². The van der Waals surface area contributed by atoms with E-state index in [4.69, 9.17) is 14.2 Å². The van der Waals surface area contributed by atoms with Crippen molar-refractivity contribution < 1.29 is 28.6 Å². The molecule has 0 unspecified atom stereocenters. The van der Waals surface area contributed by atoms with Gasteiger partial charge < -0.3 is 19.5 Å². The van der Waals surface area contributed by atoms with Crippen LogP contribution >= 0.6 is 0 Å². The summed E-state index contributed by atoms with van der Waals surface area (Å²) in [6.07, 6.45) is 1.42. The van der Waals surface area contributed by atoms with Crippen LogP contribution in [0.3, 0.4) is 0 Å². The molecule has 0 spiro atoms. The third-order valence-corrected chi connectivity index (χ3v) is 3.23. The topological polar surface area (TPSA) is 90.9 Å². The molecule has 24 heavy (non-hydrogen) atoms. The fourth-order valence-corrected chi connectivity index (χ4v) is 2.03. The van der Waals surface area contributed by atoms with Crippen LogP contribution < -0.4 is 14.8 Å². The number of carbonyl (C=O) groups is 3. The summed E-state index contributed by atoms with van der Waals surface area (Å²) in [6, 6.07) is 4.90. The van der Waals surface area contributed by atoms with Crippen LogP contribution in [0.4, 0.5) is 0 Å². The minimum atomic E-state index is -0.602. The predicted molar refractivity (Wildman–Crippen MR) is 85.2 cm³/mol. The number of hydrogen-bond donors (Lipinski definition) is 1. The number of benzene rings is 1. The van der Waals surface area contributed by atoms with Crippen molar-refractivity contribution in [2.75, 3.05) is 26.4 Å². The lowest BCUT2D eigenvalue weighted by molar-refractivity contribution is -0.148. The Kier molecular flexibility index (Phi) is 6.36. The van der Waals surface area contributed by atoms with Gasteiger partial charge in [-0.15, -0.1) is 6.58 Å². The number of rotatable bonds is 8. The Balaban J connectivity index is 1.77. The van der Waals surface area contributed by atoms with Crippen LogP contribution in [0, 0.1) is 0 Å². The first kappa shape index (κ1) is 17.5. The lowest BCUT2D eigenvalue weighted by atomic mass is 10.1. The van der Waals surface area contributed by atoms with Crippen LogP contribution in [-0.4, -0.2) is 44.0 Å². The molecule has 1 amide bonds. The number of fused-ring (bicyclic) bond motifs is 1. The monoisotopic (exact) mass is 333 g/mol. The van der Waals surface area contributed by atoms with Gasteiger partial charge >= 0.3 is 5.97 Å². The second kappa shape index (κ2) is 8.71. The van der Waals surface area contributed by atoms with Gasteiger partial charge in [0.2, 0.25) is 0 Å². The van der Waals surface area contributed by atoms with Gasteiger partial charge in [0.15, 0.2) is 23.9 Å². The zero-order chi connectivity index (χ0) is 17.4. The van der Waals surface area contributed by atoms with E-state index in [-0.39, 0.29) is 25.2 Å². The van der Waals surface area contributed by atoms with Gasteiger partial charge in [0, 0.05) is 18.5 Å². The van der Waals surface area contributed by atoms with E-state index < -0.39 is 11.9 Å². The molecule has 7 nitrogen and oxygen atoms in total. The summed E-state index contributed by atoms with van der Waals surface area (Å²) in [6.45, 7) is 4.30. The largest absolute Gasteiger partial charge is 0.486 e. The molecule has 128 valence electrons. The van der Waals surface area contributed by atoms with Crippen LogP contribution in [-0.2, 0) is 14.3 Å².